The Morgan fingerprint density at radius 3 is 2.00 bits per heavy atom. The first-order chi connectivity index (χ1) is 10.8. The molecule has 0 aliphatic carbocycles. The van der Waals surface area contributed by atoms with Crippen LogP contribution >= 0.6 is 0 Å². The molecule has 0 aromatic heterocycles. The van der Waals surface area contributed by atoms with E-state index in [9.17, 15) is 22.8 Å². The zero-order chi connectivity index (χ0) is 17.0. The first-order valence-electron chi connectivity index (χ1n) is 6.42. The Balaban J connectivity index is 2.20. The number of rotatable bonds is 3. The van der Waals surface area contributed by atoms with Gasteiger partial charge in [0.25, 0.3) is 5.91 Å². The lowest BCUT2D eigenvalue weighted by molar-refractivity contribution is -0.136. The number of hydrogen-bond donors (Lipinski definition) is 3. The van der Waals surface area contributed by atoms with Gasteiger partial charge in [0, 0.05) is 0 Å². The van der Waals surface area contributed by atoms with Gasteiger partial charge in [-0.25, -0.2) is 4.79 Å². The summed E-state index contributed by atoms with van der Waals surface area (Å²) >= 11 is 0. The molecule has 4 N–H and O–H groups in total. The second-order valence-electron chi connectivity index (χ2n) is 4.53. The summed E-state index contributed by atoms with van der Waals surface area (Å²) in [6, 6.07) is 9.53. The second kappa shape index (κ2) is 6.39. The largest absolute Gasteiger partial charge is 0.418 e. The summed E-state index contributed by atoms with van der Waals surface area (Å²) in [6.45, 7) is 0. The smallest absolute Gasteiger partial charge is 0.366 e. The highest BCUT2D eigenvalue weighted by Gasteiger charge is 2.33. The van der Waals surface area contributed by atoms with Crippen molar-refractivity contribution in [3.63, 3.8) is 0 Å². The van der Waals surface area contributed by atoms with Crippen molar-refractivity contribution in [1.82, 2.24) is 0 Å². The zero-order valence-corrected chi connectivity index (χ0v) is 11.6. The lowest BCUT2D eigenvalue weighted by Crippen LogP contribution is -2.24. The third kappa shape index (κ3) is 4.00. The minimum absolute atomic E-state index is 0.0479. The summed E-state index contributed by atoms with van der Waals surface area (Å²) in [5, 5.41) is 4.41. The molecule has 2 aromatic rings. The van der Waals surface area contributed by atoms with Crippen molar-refractivity contribution in [3.8, 4) is 0 Å². The molecule has 23 heavy (non-hydrogen) atoms. The quantitative estimate of drug-likeness (QED) is 0.808. The van der Waals surface area contributed by atoms with Crippen LogP contribution in [0.15, 0.2) is 48.5 Å². The number of para-hydroxylation sites is 2. The molecule has 0 spiro atoms. The van der Waals surface area contributed by atoms with E-state index in [1.54, 1.807) is 12.1 Å². The number of benzene rings is 2. The molecule has 0 heterocycles. The van der Waals surface area contributed by atoms with Crippen LogP contribution in [0.2, 0.25) is 0 Å². The predicted octanol–water partition coefficient (Wildman–Crippen LogP) is 3.45. The van der Waals surface area contributed by atoms with Crippen LogP contribution < -0.4 is 16.4 Å². The number of anilines is 2. The Labute approximate surface area is 129 Å². The van der Waals surface area contributed by atoms with Crippen LogP contribution in [0.1, 0.15) is 15.9 Å². The van der Waals surface area contributed by atoms with E-state index in [0.29, 0.717) is 0 Å². The van der Waals surface area contributed by atoms with Crippen LogP contribution in [0.4, 0.5) is 29.3 Å². The fraction of sp³-hybridized carbons (Fsp3) is 0.0667. The van der Waals surface area contributed by atoms with Gasteiger partial charge in [0.1, 0.15) is 0 Å². The average molecular weight is 323 g/mol. The van der Waals surface area contributed by atoms with Gasteiger partial charge in [0.2, 0.25) is 0 Å². The molecule has 2 aromatic carbocycles. The molecule has 5 nitrogen and oxygen atoms in total. The molecule has 0 saturated carbocycles. The fourth-order valence-electron chi connectivity index (χ4n) is 1.92. The van der Waals surface area contributed by atoms with Crippen molar-refractivity contribution in [2.75, 3.05) is 10.6 Å². The Hall–Kier alpha value is -3.03. The minimum Gasteiger partial charge on any atom is -0.366 e. The predicted molar refractivity (Wildman–Crippen MR) is 79.0 cm³/mol. The second-order valence-corrected chi connectivity index (χ2v) is 4.53. The van der Waals surface area contributed by atoms with E-state index < -0.39 is 29.4 Å². The van der Waals surface area contributed by atoms with E-state index in [-0.39, 0.29) is 11.3 Å². The average Bonchev–Trinajstić information content (AvgIpc) is 2.47. The number of halogens is 3. The van der Waals surface area contributed by atoms with Gasteiger partial charge in [0.15, 0.2) is 0 Å². The standard InChI is InChI=1S/C15H12F3N3O2/c16-15(17,18)10-6-2-4-8-12(10)21-14(23)20-11-7-3-1-5-9(11)13(19)22/h1-8H,(H2,19,22)(H2,20,21,23). The van der Waals surface area contributed by atoms with Crippen molar-refractivity contribution < 1.29 is 22.8 Å². The van der Waals surface area contributed by atoms with E-state index in [1.165, 1.54) is 24.3 Å². The first kappa shape index (κ1) is 16.3. The normalized spacial score (nSPS) is 10.9. The number of nitrogens with one attached hydrogen (secondary N) is 2. The van der Waals surface area contributed by atoms with Crippen LogP contribution in [0.25, 0.3) is 0 Å². The Morgan fingerprint density at radius 1 is 0.870 bits per heavy atom. The highest BCUT2D eigenvalue weighted by Crippen LogP contribution is 2.34. The summed E-state index contributed by atoms with van der Waals surface area (Å²) in [5.74, 6) is -0.767. The van der Waals surface area contributed by atoms with Gasteiger partial charge in [-0.15, -0.1) is 0 Å². The summed E-state index contributed by atoms with van der Waals surface area (Å²) in [4.78, 5) is 23.1. The molecule has 0 bridgehead atoms. The number of hydrogen-bond acceptors (Lipinski definition) is 2. The maximum Gasteiger partial charge on any atom is 0.418 e. The summed E-state index contributed by atoms with van der Waals surface area (Å²) in [5.41, 5.74) is 3.94. The first-order valence-corrected chi connectivity index (χ1v) is 6.42. The third-order valence-corrected chi connectivity index (χ3v) is 2.92. The fourth-order valence-corrected chi connectivity index (χ4v) is 1.92. The highest BCUT2D eigenvalue weighted by molar-refractivity contribution is 6.06. The van der Waals surface area contributed by atoms with Crippen LogP contribution in [0, 0.1) is 0 Å². The van der Waals surface area contributed by atoms with Gasteiger partial charge >= 0.3 is 12.2 Å². The summed E-state index contributed by atoms with van der Waals surface area (Å²) in [6.07, 6.45) is -4.60. The molecular weight excluding hydrogens is 311 g/mol. The van der Waals surface area contributed by atoms with Gasteiger partial charge in [0.05, 0.1) is 22.5 Å². The number of carbonyl (C=O) groups is 2. The number of amides is 3. The zero-order valence-electron chi connectivity index (χ0n) is 11.6. The molecule has 0 unspecified atom stereocenters. The topological polar surface area (TPSA) is 84.2 Å². The molecule has 0 radical (unpaired) electrons. The maximum atomic E-state index is 12.9. The van der Waals surface area contributed by atoms with Gasteiger partial charge in [-0.05, 0) is 24.3 Å². The van der Waals surface area contributed by atoms with Crippen molar-refractivity contribution in [2.45, 2.75) is 6.18 Å². The number of urea groups is 1. The highest BCUT2D eigenvalue weighted by atomic mass is 19.4. The molecule has 120 valence electrons. The van der Waals surface area contributed by atoms with E-state index in [4.69, 9.17) is 5.73 Å². The van der Waals surface area contributed by atoms with Crippen LogP contribution in [-0.2, 0) is 6.18 Å². The maximum absolute atomic E-state index is 12.9. The van der Waals surface area contributed by atoms with Crippen LogP contribution in [-0.4, -0.2) is 11.9 Å². The van der Waals surface area contributed by atoms with E-state index >= 15 is 0 Å². The molecule has 3 amide bonds. The van der Waals surface area contributed by atoms with E-state index in [1.807, 2.05) is 0 Å². The van der Waals surface area contributed by atoms with Crippen molar-refractivity contribution in [2.24, 2.45) is 5.73 Å². The lowest BCUT2D eigenvalue weighted by Gasteiger charge is -2.14. The van der Waals surface area contributed by atoms with Crippen LogP contribution in [0.5, 0.6) is 0 Å². The molecule has 0 saturated heterocycles. The Bertz CT molecular complexity index is 745. The number of carbonyl (C=O) groups excluding carboxylic acids is 2. The molecule has 0 atom stereocenters. The molecular formula is C15H12F3N3O2. The van der Waals surface area contributed by atoms with Gasteiger partial charge in [-0.1, -0.05) is 24.3 Å². The lowest BCUT2D eigenvalue weighted by atomic mass is 10.1. The van der Waals surface area contributed by atoms with Crippen molar-refractivity contribution in [1.29, 1.82) is 0 Å². The molecule has 0 aliphatic rings. The van der Waals surface area contributed by atoms with E-state index in [0.717, 1.165) is 12.1 Å². The van der Waals surface area contributed by atoms with E-state index in [2.05, 4.69) is 10.6 Å². The molecule has 0 fully saturated rings. The Kier molecular flexibility index (Phi) is 4.54. The summed E-state index contributed by atoms with van der Waals surface area (Å²) in [7, 11) is 0. The molecule has 8 heteroatoms. The third-order valence-electron chi connectivity index (χ3n) is 2.92. The van der Waals surface area contributed by atoms with Gasteiger partial charge in [-0.3, -0.25) is 4.79 Å². The van der Waals surface area contributed by atoms with Crippen molar-refractivity contribution in [3.05, 3.63) is 59.7 Å². The van der Waals surface area contributed by atoms with Gasteiger partial charge in [-0.2, -0.15) is 13.2 Å². The number of primary amides is 1. The van der Waals surface area contributed by atoms with Crippen molar-refractivity contribution >= 4 is 23.3 Å². The molecule has 2 rings (SSSR count). The molecule has 0 aliphatic heterocycles. The minimum atomic E-state index is -4.60. The Morgan fingerprint density at radius 2 is 1.39 bits per heavy atom. The number of alkyl halides is 3. The van der Waals surface area contributed by atoms with Crippen LogP contribution in [0.3, 0.4) is 0 Å². The number of nitrogens with two attached hydrogens (primary N) is 1. The monoisotopic (exact) mass is 323 g/mol. The summed E-state index contributed by atoms with van der Waals surface area (Å²) < 4.78 is 38.6. The van der Waals surface area contributed by atoms with Gasteiger partial charge < -0.3 is 16.4 Å². The SMILES string of the molecule is NC(=O)c1ccccc1NC(=O)Nc1ccccc1C(F)(F)F.